The summed E-state index contributed by atoms with van der Waals surface area (Å²) in [5.74, 6) is -0.575. The van der Waals surface area contributed by atoms with Crippen molar-refractivity contribution in [3.05, 3.63) is 89.5 Å². The Balaban J connectivity index is 1.60. The van der Waals surface area contributed by atoms with E-state index in [1.807, 2.05) is 86.6 Å². The average Bonchev–Trinajstić information content (AvgIpc) is 3.31. The molecule has 0 bridgehead atoms. The van der Waals surface area contributed by atoms with E-state index in [9.17, 15) is 9.59 Å². The zero-order valence-corrected chi connectivity index (χ0v) is 18.2. The lowest BCUT2D eigenvalue weighted by Gasteiger charge is -2.29. The van der Waals surface area contributed by atoms with Gasteiger partial charge in [0.05, 0.1) is 24.5 Å². The zero-order chi connectivity index (χ0) is 22.4. The quantitative estimate of drug-likeness (QED) is 0.578. The van der Waals surface area contributed by atoms with Crippen LogP contribution in [0.3, 0.4) is 0 Å². The molecule has 0 saturated carbocycles. The standard InChI is InChI=1S/C26H24N2O4/c1-16-12-13-21(17(2)14-16)27-25(29)22-23(18-8-7-11-20(15-18)31-3)28(32-24(22)26(27)30)19-9-5-4-6-10-19/h4-15,22-24H,1-3H3/t22-,23-,24+/m1/s1. The second-order valence-corrected chi connectivity index (χ2v) is 8.24. The van der Waals surface area contributed by atoms with Crippen LogP contribution in [0.25, 0.3) is 0 Å². The molecule has 2 aliphatic rings. The van der Waals surface area contributed by atoms with Crippen molar-refractivity contribution in [1.82, 2.24) is 0 Å². The van der Waals surface area contributed by atoms with Crippen molar-refractivity contribution in [3.8, 4) is 5.75 Å². The van der Waals surface area contributed by atoms with Crippen LogP contribution in [0.4, 0.5) is 11.4 Å². The molecule has 2 heterocycles. The average molecular weight is 428 g/mol. The third-order valence-electron chi connectivity index (χ3n) is 6.15. The number of carbonyl (C=O) groups is 2. The van der Waals surface area contributed by atoms with Crippen LogP contribution in [0.15, 0.2) is 72.8 Å². The number of para-hydroxylation sites is 1. The lowest BCUT2D eigenvalue weighted by atomic mass is 9.90. The number of carbonyl (C=O) groups excluding carboxylic acids is 2. The van der Waals surface area contributed by atoms with Gasteiger partial charge in [-0.25, -0.2) is 9.96 Å². The first-order valence-corrected chi connectivity index (χ1v) is 10.6. The molecular weight excluding hydrogens is 404 g/mol. The number of methoxy groups -OCH3 is 1. The summed E-state index contributed by atoms with van der Waals surface area (Å²) in [4.78, 5) is 34.6. The minimum atomic E-state index is -0.889. The van der Waals surface area contributed by atoms with Crippen LogP contribution in [0.2, 0.25) is 0 Å². The van der Waals surface area contributed by atoms with E-state index in [1.165, 1.54) is 4.90 Å². The van der Waals surface area contributed by atoms with Crippen LogP contribution in [-0.2, 0) is 14.4 Å². The Morgan fingerprint density at radius 3 is 2.38 bits per heavy atom. The molecule has 0 aromatic heterocycles. The number of imide groups is 1. The van der Waals surface area contributed by atoms with Gasteiger partial charge in [0, 0.05) is 0 Å². The number of benzene rings is 3. The summed E-state index contributed by atoms with van der Waals surface area (Å²) in [7, 11) is 1.61. The Morgan fingerprint density at radius 2 is 1.66 bits per heavy atom. The summed E-state index contributed by atoms with van der Waals surface area (Å²) in [5.41, 5.74) is 4.20. The molecule has 2 amide bonds. The molecule has 0 spiro atoms. The predicted octanol–water partition coefficient (Wildman–Crippen LogP) is 4.36. The number of nitrogens with zero attached hydrogens (tertiary/aromatic N) is 2. The summed E-state index contributed by atoms with van der Waals surface area (Å²) in [6.07, 6.45) is -0.889. The van der Waals surface area contributed by atoms with E-state index in [4.69, 9.17) is 9.57 Å². The summed E-state index contributed by atoms with van der Waals surface area (Å²) in [6.45, 7) is 3.90. The second kappa shape index (κ2) is 7.80. The van der Waals surface area contributed by atoms with Gasteiger partial charge in [0.25, 0.3) is 5.91 Å². The maximum absolute atomic E-state index is 13.7. The SMILES string of the molecule is COc1cccc([C@@H]2[C@H]3C(=O)N(c4ccc(C)cc4C)C(=O)[C@H]3ON2c2ccccc2)c1. The first-order valence-electron chi connectivity index (χ1n) is 10.6. The lowest BCUT2D eigenvalue weighted by molar-refractivity contribution is -0.126. The van der Waals surface area contributed by atoms with E-state index < -0.39 is 18.1 Å². The highest BCUT2D eigenvalue weighted by Gasteiger charge is 2.60. The molecular formula is C26H24N2O4. The molecule has 2 fully saturated rings. The van der Waals surface area contributed by atoms with E-state index in [-0.39, 0.29) is 11.8 Å². The number of hydroxylamine groups is 1. The smallest absolute Gasteiger partial charge is 0.266 e. The van der Waals surface area contributed by atoms with Crippen LogP contribution in [0, 0.1) is 19.8 Å². The molecule has 6 nitrogen and oxygen atoms in total. The predicted molar refractivity (Wildman–Crippen MR) is 121 cm³/mol. The number of amides is 2. The summed E-state index contributed by atoms with van der Waals surface area (Å²) < 4.78 is 5.41. The Labute approximate surface area is 186 Å². The largest absolute Gasteiger partial charge is 0.497 e. The number of aryl methyl sites for hydroxylation is 2. The van der Waals surface area contributed by atoms with Crippen LogP contribution < -0.4 is 14.7 Å². The molecule has 0 radical (unpaired) electrons. The fourth-order valence-corrected chi connectivity index (χ4v) is 4.67. The fourth-order valence-electron chi connectivity index (χ4n) is 4.67. The number of hydrogen-bond donors (Lipinski definition) is 0. The number of anilines is 2. The molecule has 3 aromatic carbocycles. The van der Waals surface area contributed by atoms with Crippen molar-refractivity contribution in [2.75, 3.05) is 17.1 Å². The molecule has 6 heteroatoms. The van der Waals surface area contributed by atoms with Crippen LogP contribution in [0.5, 0.6) is 5.75 Å². The molecule has 162 valence electrons. The Kier molecular flexibility index (Phi) is 4.94. The van der Waals surface area contributed by atoms with Gasteiger partial charge in [0.1, 0.15) is 11.7 Å². The Bertz CT molecular complexity index is 1190. The highest BCUT2D eigenvalue weighted by molar-refractivity contribution is 6.24. The fraction of sp³-hybridized carbons (Fsp3) is 0.231. The van der Waals surface area contributed by atoms with Gasteiger partial charge in [0.2, 0.25) is 5.91 Å². The van der Waals surface area contributed by atoms with Gasteiger partial charge < -0.3 is 4.74 Å². The third-order valence-corrected chi connectivity index (χ3v) is 6.15. The molecule has 3 aromatic rings. The Hall–Kier alpha value is -3.64. The second-order valence-electron chi connectivity index (χ2n) is 8.24. The lowest BCUT2D eigenvalue weighted by Crippen LogP contribution is -2.37. The molecule has 5 rings (SSSR count). The first kappa shape index (κ1) is 20.3. The molecule has 0 unspecified atom stereocenters. The van der Waals surface area contributed by atoms with E-state index in [2.05, 4.69) is 0 Å². The molecule has 2 saturated heterocycles. The zero-order valence-electron chi connectivity index (χ0n) is 18.2. The van der Waals surface area contributed by atoms with Crippen LogP contribution in [-0.4, -0.2) is 25.0 Å². The highest BCUT2D eigenvalue weighted by atomic mass is 16.7. The summed E-state index contributed by atoms with van der Waals surface area (Å²) >= 11 is 0. The molecule has 0 aliphatic carbocycles. The van der Waals surface area contributed by atoms with E-state index >= 15 is 0 Å². The van der Waals surface area contributed by atoms with Crippen LogP contribution in [0.1, 0.15) is 22.7 Å². The van der Waals surface area contributed by atoms with Crippen LogP contribution >= 0.6 is 0 Å². The summed E-state index contributed by atoms with van der Waals surface area (Å²) in [6, 6.07) is 22.4. The van der Waals surface area contributed by atoms with E-state index in [1.54, 1.807) is 12.2 Å². The monoisotopic (exact) mass is 428 g/mol. The van der Waals surface area contributed by atoms with Gasteiger partial charge in [-0.1, -0.05) is 48.0 Å². The molecule has 32 heavy (non-hydrogen) atoms. The normalized spacial score (nSPS) is 22.4. The van der Waals surface area contributed by atoms with Crippen molar-refractivity contribution >= 4 is 23.2 Å². The van der Waals surface area contributed by atoms with Gasteiger partial charge in [-0.05, 0) is 55.3 Å². The number of ether oxygens (including phenoxy) is 1. The number of fused-ring (bicyclic) bond motifs is 1. The Morgan fingerprint density at radius 1 is 0.875 bits per heavy atom. The van der Waals surface area contributed by atoms with Gasteiger partial charge in [-0.2, -0.15) is 0 Å². The minimum Gasteiger partial charge on any atom is -0.497 e. The third kappa shape index (κ3) is 3.15. The molecule has 0 N–H and O–H groups in total. The van der Waals surface area contributed by atoms with Gasteiger partial charge in [-0.3, -0.25) is 14.4 Å². The first-order chi connectivity index (χ1) is 15.5. The van der Waals surface area contributed by atoms with Crippen molar-refractivity contribution in [2.24, 2.45) is 5.92 Å². The molecule has 2 aliphatic heterocycles. The van der Waals surface area contributed by atoms with Gasteiger partial charge >= 0.3 is 0 Å². The van der Waals surface area contributed by atoms with E-state index in [0.717, 1.165) is 22.4 Å². The number of hydrogen-bond acceptors (Lipinski definition) is 5. The van der Waals surface area contributed by atoms with Crippen molar-refractivity contribution < 1.29 is 19.2 Å². The summed E-state index contributed by atoms with van der Waals surface area (Å²) in [5, 5.41) is 1.69. The topological polar surface area (TPSA) is 59.1 Å². The van der Waals surface area contributed by atoms with Gasteiger partial charge in [0.15, 0.2) is 6.10 Å². The molecule has 3 atom stereocenters. The maximum Gasteiger partial charge on any atom is 0.266 e. The van der Waals surface area contributed by atoms with E-state index in [0.29, 0.717) is 11.4 Å². The minimum absolute atomic E-state index is 0.252. The maximum atomic E-state index is 13.7. The van der Waals surface area contributed by atoms with Crippen molar-refractivity contribution in [1.29, 1.82) is 0 Å². The van der Waals surface area contributed by atoms with Gasteiger partial charge in [-0.15, -0.1) is 0 Å². The van der Waals surface area contributed by atoms with Crippen molar-refractivity contribution in [3.63, 3.8) is 0 Å². The highest BCUT2D eigenvalue weighted by Crippen LogP contribution is 2.48. The number of rotatable bonds is 4. The van der Waals surface area contributed by atoms with Crippen molar-refractivity contribution in [2.45, 2.75) is 26.0 Å².